The molecule has 0 radical (unpaired) electrons. The highest BCUT2D eigenvalue weighted by Gasteiger charge is 2.21. The van der Waals surface area contributed by atoms with Gasteiger partial charge in [-0.15, -0.1) is 0 Å². The molecule has 0 aliphatic heterocycles. The van der Waals surface area contributed by atoms with E-state index in [1.165, 1.54) is 0 Å². The summed E-state index contributed by atoms with van der Waals surface area (Å²) in [7, 11) is 1.76. The predicted molar refractivity (Wildman–Crippen MR) is 75.6 cm³/mol. The Balaban J connectivity index is 2.67. The molecular weight excluding hydrogens is 260 g/mol. The predicted octanol–water partition coefficient (Wildman–Crippen LogP) is 1.60. The van der Waals surface area contributed by atoms with Crippen molar-refractivity contribution in [2.75, 3.05) is 5.32 Å². The highest BCUT2D eigenvalue weighted by atomic mass is 16.4. The Kier molecular flexibility index (Phi) is 5.54. The lowest BCUT2D eigenvalue weighted by Gasteiger charge is -2.16. The van der Waals surface area contributed by atoms with Crippen LogP contribution in [-0.4, -0.2) is 32.9 Å². The van der Waals surface area contributed by atoms with E-state index in [9.17, 15) is 9.59 Å². The van der Waals surface area contributed by atoms with Crippen LogP contribution in [0.2, 0.25) is 0 Å². The topological polar surface area (TPSA) is 96.3 Å². The van der Waals surface area contributed by atoms with Gasteiger partial charge in [0, 0.05) is 13.2 Å². The minimum Gasteiger partial charge on any atom is -0.480 e. The van der Waals surface area contributed by atoms with E-state index in [1.54, 1.807) is 17.9 Å². The Labute approximate surface area is 118 Å². The number of aryl methyl sites for hydroxylation is 2. The average molecular weight is 282 g/mol. The number of carbonyl (C=O) groups is 2. The van der Waals surface area contributed by atoms with E-state index >= 15 is 0 Å². The quantitative estimate of drug-likeness (QED) is 0.738. The van der Waals surface area contributed by atoms with Gasteiger partial charge in [-0.3, -0.25) is 4.68 Å². The van der Waals surface area contributed by atoms with E-state index in [4.69, 9.17) is 5.11 Å². The van der Waals surface area contributed by atoms with Crippen molar-refractivity contribution in [1.82, 2.24) is 15.1 Å². The van der Waals surface area contributed by atoms with E-state index in [1.807, 2.05) is 20.8 Å². The molecule has 7 nitrogen and oxygen atoms in total. The number of urea groups is 1. The number of carbonyl (C=O) groups excluding carboxylic acids is 1. The van der Waals surface area contributed by atoms with Gasteiger partial charge in [0.05, 0.1) is 11.4 Å². The fraction of sp³-hybridized carbons (Fsp3) is 0.615. The number of rotatable bonds is 6. The number of amides is 2. The second-order valence-electron chi connectivity index (χ2n) is 5.14. The molecule has 7 heteroatoms. The fourth-order valence-corrected chi connectivity index (χ4v) is 1.91. The van der Waals surface area contributed by atoms with Crippen LogP contribution in [0.15, 0.2) is 6.20 Å². The van der Waals surface area contributed by atoms with Crippen molar-refractivity contribution in [3.05, 3.63) is 11.9 Å². The number of nitrogens with zero attached hydrogens (tertiary/aromatic N) is 2. The first-order valence-electron chi connectivity index (χ1n) is 6.66. The lowest BCUT2D eigenvalue weighted by Crippen LogP contribution is -2.43. The first-order valence-corrected chi connectivity index (χ1v) is 6.66. The molecule has 1 unspecified atom stereocenters. The second kappa shape index (κ2) is 6.93. The normalized spacial score (nSPS) is 12.2. The van der Waals surface area contributed by atoms with Gasteiger partial charge in [-0.2, -0.15) is 5.10 Å². The third-order valence-electron chi connectivity index (χ3n) is 2.80. The Bertz CT molecular complexity index is 482. The van der Waals surface area contributed by atoms with Crippen LogP contribution < -0.4 is 10.6 Å². The summed E-state index contributed by atoms with van der Waals surface area (Å²) < 4.78 is 1.61. The van der Waals surface area contributed by atoms with Crippen LogP contribution in [0.25, 0.3) is 0 Å². The standard InChI is InChI=1S/C13H22N4O3/c1-5-9-11(7-17(4)16-9)15-13(20)14-10(12(18)19)6-8(2)3/h7-8,10H,5-6H2,1-4H3,(H,18,19)(H2,14,15,20). The molecule has 0 spiro atoms. The van der Waals surface area contributed by atoms with Crippen molar-refractivity contribution < 1.29 is 14.7 Å². The zero-order valence-corrected chi connectivity index (χ0v) is 12.3. The molecule has 112 valence electrons. The van der Waals surface area contributed by atoms with Gasteiger partial charge >= 0.3 is 12.0 Å². The Morgan fingerprint density at radius 3 is 2.60 bits per heavy atom. The van der Waals surface area contributed by atoms with Gasteiger partial charge in [-0.05, 0) is 18.8 Å². The SMILES string of the molecule is CCc1nn(C)cc1NC(=O)NC(CC(C)C)C(=O)O. The Morgan fingerprint density at radius 2 is 2.10 bits per heavy atom. The zero-order valence-electron chi connectivity index (χ0n) is 12.3. The van der Waals surface area contributed by atoms with Crippen LogP contribution in [0.4, 0.5) is 10.5 Å². The molecule has 20 heavy (non-hydrogen) atoms. The molecular formula is C13H22N4O3. The largest absolute Gasteiger partial charge is 0.480 e. The first kappa shape index (κ1) is 16.0. The van der Waals surface area contributed by atoms with Crippen LogP contribution in [0.5, 0.6) is 0 Å². The van der Waals surface area contributed by atoms with Gasteiger partial charge in [0.15, 0.2) is 0 Å². The van der Waals surface area contributed by atoms with Gasteiger partial charge in [0.25, 0.3) is 0 Å². The van der Waals surface area contributed by atoms with Crippen LogP contribution in [-0.2, 0) is 18.3 Å². The van der Waals surface area contributed by atoms with E-state index < -0.39 is 18.0 Å². The molecule has 1 heterocycles. The highest BCUT2D eigenvalue weighted by molar-refractivity contribution is 5.92. The van der Waals surface area contributed by atoms with Gasteiger partial charge in [-0.25, -0.2) is 9.59 Å². The van der Waals surface area contributed by atoms with Gasteiger partial charge < -0.3 is 15.7 Å². The molecule has 0 aliphatic rings. The lowest BCUT2D eigenvalue weighted by atomic mass is 10.0. The third kappa shape index (κ3) is 4.56. The molecule has 2 amide bonds. The monoisotopic (exact) mass is 282 g/mol. The van der Waals surface area contributed by atoms with Gasteiger partial charge in [-0.1, -0.05) is 20.8 Å². The number of nitrogens with one attached hydrogen (secondary N) is 2. The Hall–Kier alpha value is -2.05. The molecule has 0 bridgehead atoms. The maximum atomic E-state index is 11.9. The van der Waals surface area contributed by atoms with Crippen molar-refractivity contribution in [1.29, 1.82) is 0 Å². The molecule has 0 saturated carbocycles. The smallest absolute Gasteiger partial charge is 0.326 e. The fourth-order valence-electron chi connectivity index (χ4n) is 1.91. The molecule has 0 fully saturated rings. The molecule has 0 aromatic carbocycles. The summed E-state index contributed by atoms with van der Waals surface area (Å²) >= 11 is 0. The van der Waals surface area contributed by atoms with Crippen LogP contribution in [0, 0.1) is 5.92 Å². The summed E-state index contributed by atoms with van der Waals surface area (Å²) in [6.45, 7) is 5.75. The highest BCUT2D eigenvalue weighted by Crippen LogP contribution is 2.13. The summed E-state index contributed by atoms with van der Waals surface area (Å²) in [5, 5.41) is 18.4. The minimum atomic E-state index is -1.03. The van der Waals surface area contributed by atoms with E-state index in [0.29, 0.717) is 18.5 Å². The van der Waals surface area contributed by atoms with Crippen LogP contribution in [0.1, 0.15) is 32.9 Å². The van der Waals surface area contributed by atoms with Gasteiger partial charge in [0.2, 0.25) is 0 Å². The summed E-state index contributed by atoms with van der Waals surface area (Å²) in [6.07, 6.45) is 2.76. The number of hydrogen-bond donors (Lipinski definition) is 3. The third-order valence-corrected chi connectivity index (χ3v) is 2.80. The van der Waals surface area contributed by atoms with E-state index in [-0.39, 0.29) is 5.92 Å². The van der Waals surface area contributed by atoms with Crippen molar-refractivity contribution in [2.24, 2.45) is 13.0 Å². The first-order chi connectivity index (χ1) is 9.33. The number of hydrogen-bond acceptors (Lipinski definition) is 3. The van der Waals surface area contributed by atoms with Crippen molar-refractivity contribution in [2.45, 2.75) is 39.7 Å². The summed E-state index contributed by atoms with van der Waals surface area (Å²) in [4.78, 5) is 23.0. The molecule has 0 aliphatic carbocycles. The summed E-state index contributed by atoms with van der Waals surface area (Å²) in [5.74, 6) is -0.850. The second-order valence-corrected chi connectivity index (χ2v) is 5.14. The minimum absolute atomic E-state index is 0.181. The van der Waals surface area contributed by atoms with Crippen LogP contribution in [0.3, 0.4) is 0 Å². The lowest BCUT2D eigenvalue weighted by molar-refractivity contribution is -0.139. The zero-order chi connectivity index (χ0) is 15.3. The summed E-state index contributed by atoms with van der Waals surface area (Å²) in [5.41, 5.74) is 1.36. The van der Waals surface area contributed by atoms with Crippen molar-refractivity contribution in [3.8, 4) is 0 Å². The molecule has 1 aromatic rings. The molecule has 3 N–H and O–H groups in total. The maximum Gasteiger partial charge on any atom is 0.326 e. The maximum absolute atomic E-state index is 11.9. The molecule has 1 atom stereocenters. The molecule has 0 saturated heterocycles. The average Bonchev–Trinajstić information content (AvgIpc) is 2.67. The van der Waals surface area contributed by atoms with E-state index in [0.717, 1.165) is 5.69 Å². The van der Waals surface area contributed by atoms with Crippen molar-refractivity contribution in [3.63, 3.8) is 0 Å². The van der Waals surface area contributed by atoms with Gasteiger partial charge in [0.1, 0.15) is 6.04 Å². The summed E-state index contributed by atoms with van der Waals surface area (Å²) in [6, 6.07) is -1.42. The molecule has 1 rings (SSSR count). The number of aliphatic carboxylic acids is 1. The number of aromatic nitrogens is 2. The molecule has 1 aromatic heterocycles. The number of carboxylic acids is 1. The number of anilines is 1. The van der Waals surface area contributed by atoms with Crippen LogP contribution >= 0.6 is 0 Å². The Morgan fingerprint density at radius 1 is 1.45 bits per heavy atom. The van der Waals surface area contributed by atoms with Crippen molar-refractivity contribution >= 4 is 17.7 Å². The number of carboxylic acid groups (broad SMARTS) is 1. The van der Waals surface area contributed by atoms with E-state index in [2.05, 4.69) is 15.7 Å².